The Morgan fingerprint density at radius 2 is 2.00 bits per heavy atom. The van der Waals surface area contributed by atoms with Gasteiger partial charge in [-0.1, -0.05) is 13.8 Å². The van der Waals surface area contributed by atoms with Crippen molar-refractivity contribution in [3.8, 4) is 0 Å². The second kappa shape index (κ2) is 7.11. The molecule has 2 N–H and O–H groups in total. The van der Waals surface area contributed by atoms with Crippen LogP contribution in [0.25, 0.3) is 0 Å². The molecule has 0 spiro atoms. The number of nitrogens with one attached hydrogen (secondary N) is 1. The van der Waals surface area contributed by atoms with Gasteiger partial charge in [0.1, 0.15) is 11.6 Å². The number of hydrogen-bond donors (Lipinski definition) is 2. The summed E-state index contributed by atoms with van der Waals surface area (Å²) in [4.78, 5) is 24.9. The number of aliphatic carboxylic acids is 1. The molecule has 21 heavy (non-hydrogen) atoms. The average molecular weight is 300 g/mol. The number of carbonyl (C=O) groups is 2. The van der Waals surface area contributed by atoms with E-state index in [0.717, 1.165) is 6.42 Å². The number of rotatable bonds is 5. The number of carboxylic acids is 1. The summed E-state index contributed by atoms with van der Waals surface area (Å²) in [7, 11) is 0. The summed E-state index contributed by atoms with van der Waals surface area (Å²) in [6.07, 6.45) is 1.00. The molecular weight excluding hydrogens is 272 g/mol. The first-order chi connectivity index (χ1) is 9.58. The van der Waals surface area contributed by atoms with Crippen molar-refractivity contribution in [1.82, 2.24) is 10.2 Å². The van der Waals surface area contributed by atoms with Crippen molar-refractivity contribution in [2.75, 3.05) is 13.1 Å². The van der Waals surface area contributed by atoms with Crippen molar-refractivity contribution >= 4 is 12.1 Å². The molecule has 0 saturated carbocycles. The molecule has 1 fully saturated rings. The highest BCUT2D eigenvalue weighted by Gasteiger charge is 2.32. The Hall–Kier alpha value is -1.30. The molecule has 1 rings (SSSR count). The number of hydrogen-bond acceptors (Lipinski definition) is 4. The van der Waals surface area contributed by atoms with E-state index in [1.807, 2.05) is 34.6 Å². The average Bonchev–Trinajstić information content (AvgIpc) is 2.73. The van der Waals surface area contributed by atoms with Crippen LogP contribution in [0.5, 0.6) is 0 Å². The van der Waals surface area contributed by atoms with Crippen LogP contribution in [0.3, 0.4) is 0 Å². The van der Waals surface area contributed by atoms with Gasteiger partial charge in [0.15, 0.2) is 0 Å². The predicted octanol–water partition coefficient (Wildman–Crippen LogP) is 2.08. The maximum absolute atomic E-state index is 12.0. The maximum Gasteiger partial charge on any atom is 0.410 e. The Bertz CT molecular complexity index is 376. The SMILES string of the molecule is CC(C)CC(NC1CCN(C(=O)OC(C)(C)C)C1)C(=O)O. The molecule has 0 aromatic heterocycles. The van der Waals surface area contributed by atoms with Crippen LogP contribution in [0.2, 0.25) is 0 Å². The van der Waals surface area contributed by atoms with E-state index in [1.165, 1.54) is 0 Å². The monoisotopic (exact) mass is 300 g/mol. The van der Waals surface area contributed by atoms with Gasteiger partial charge in [0.2, 0.25) is 0 Å². The molecule has 0 radical (unpaired) electrons. The van der Waals surface area contributed by atoms with Gasteiger partial charge >= 0.3 is 12.1 Å². The van der Waals surface area contributed by atoms with Crippen molar-refractivity contribution in [1.29, 1.82) is 0 Å². The minimum Gasteiger partial charge on any atom is -0.480 e. The number of ether oxygens (including phenoxy) is 1. The first kappa shape index (κ1) is 17.8. The molecule has 0 bridgehead atoms. The Morgan fingerprint density at radius 1 is 1.38 bits per heavy atom. The first-order valence-corrected chi connectivity index (χ1v) is 7.55. The van der Waals surface area contributed by atoms with Crippen LogP contribution in [0.4, 0.5) is 4.79 Å². The summed E-state index contributed by atoms with van der Waals surface area (Å²) in [5.74, 6) is -0.526. The zero-order valence-corrected chi connectivity index (χ0v) is 13.7. The molecule has 1 aliphatic rings. The van der Waals surface area contributed by atoms with E-state index in [-0.39, 0.29) is 12.1 Å². The van der Waals surface area contributed by atoms with Crippen LogP contribution in [-0.2, 0) is 9.53 Å². The minimum atomic E-state index is -0.834. The quantitative estimate of drug-likeness (QED) is 0.812. The molecule has 1 aliphatic heterocycles. The maximum atomic E-state index is 12.0. The fourth-order valence-electron chi connectivity index (χ4n) is 2.38. The van der Waals surface area contributed by atoms with Gasteiger partial charge < -0.3 is 14.7 Å². The molecule has 2 unspecified atom stereocenters. The molecule has 1 amide bonds. The molecule has 1 heterocycles. The molecular formula is C15H28N2O4. The zero-order chi connectivity index (χ0) is 16.2. The van der Waals surface area contributed by atoms with E-state index in [0.29, 0.717) is 25.4 Å². The molecule has 2 atom stereocenters. The Kier molecular flexibility index (Phi) is 6.01. The lowest BCUT2D eigenvalue weighted by Gasteiger charge is -2.25. The highest BCUT2D eigenvalue weighted by Crippen LogP contribution is 2.16. The summed E-state index contributed by atoms with van der Waals surface area (Å²) >= 11 is 0. The van der Waals surface area contributed by atoms with E-state index in [2.05, 4.69) is 5.32 Å². The van der Waals surface area contributed by atoms with Crippen LogP contribution in [-0.4, -0.2) is 52.8 Å². The largest absolute Gasteiger partial charge is 0.480 e. The minimum absolute atomic E-state index is 0.0115. The predicted molar refractivity (Wildman–Crippen MR) is 80.2 cm³/mol. The summed E-state index contributed by atoms with van der Waals surface area (Å²) in [5.41, 5.74) is -0.510. The summed E-state index contributed by atoms with van der Waals surface area (Å²) < 4.78 is 5.33. The molecule has 6 nitrogen and oxygen atoms in total. The third-order valence-electron chi connectivity index (χ3n) is 3.28. The van der Waals surface area contributed by atoms with Crippen molar-refractivity contribution in [2.45, 2.75) is 65.1 Å². The molecule has 0 aromatic rings. The lowest BCUT2D eigenvalue weighted by molar-refractivity contribution is -0.140. The summed E-state index contributed by atoms with van der Waals surface area (Å²) in [6, 6.07) is -0.550. The standard InChI is InChI=1S/C15H28N2O4/c1-10(2)8-12(13(18)19)16-11-6-7-17(9-11)14(20)21-15(3,4)5/h10-12,16H,6-9H2,1-5H3,(H,18,19). The van der Waals surface area contributed by atoms with Gasteiger partial charge in [-0.2, -0.15) is 0 Å². The molecule has 0 aromatic carbocycles. The molecule has 0 aliphatic carbocycles. The number of carboxylic acid groups (broad SMARTS) is 1. The topological polar surface area (TPSA) is 78.9 Å². The van der Waals surface area contributed by atoms with Gasteiger partial charge in [-0.25, -0.2) is 4.79 Å². The highest BCUT2D eigenvalue weighted by atomic mass is 16.6. The normalized spacial score (nSPS) is 20.7. The van der Waals surface area contributed by atoms with Gasteiger partial charge in [-0.05, 0) is 39.5 Å². The third kappa shape index (κ3) is 6.33. The van der Waals surface area contributed by atoms with Crippen LogP contribution in [0.1, 0.15) is 47.5 Å². The number of likely N-dealkylation sites (tertiary alicyclic amines) is 1. The zero-order valence-electron chi connectivity index (χ0n) is 13.7. The lowest BCUT2D eigenvalue weighted by atomic mass is 10.0. The van der Waals surface area contributed by atoms with Crippen molar-refractivity contribution in [2.24, 2.45) is 5.92 Å². The van der Waals surface area contributed by atoms with Gasteiger partial charge in [-0.15, -0.1) is 0 Å². The van der Waals surface area contributed by atoms with Crippen LogP contribution >= 0.6 is 0 Å². The van der Waals surface area contributed by atoms with E-state index in [9.17, 15) is 14.7 Å². The Morgan fingerprint density at radius 3 is 2.48 bits per heavy atom. The van der Waals surface area contributed by atoms with Crippen LogP contribution in [0.15, 0.2) is 0 Å². The van der Waals surface area contributed by atoms with Crippen LogP contribution in [0, 0.1) is 5.92 Å². The third-order valence-corrected chi connectivity index (χ3v) is 3.28. The first-order valence-electron chi connectivity index (χ1n) is 7.55. The summed E-state index contributed by atoms with van der Waals surface area (Å²) in [6.45, 7) is 10.6. The van der Waals surface area contributed by atoms with E-state index in [1.54, 1.807) is 4.90 Å². The second-order valence-electron chi connectivity index (χ2n) is 7.10. The number of carbonyl (C=O) groups excluding carboxylic acids is 1. The smallest absolute Gasteiger partial charge is 0.410 e. The van der Waals surface area contributed by atoms with Crippen molar-refractivity contribution in [3.63, 3.8) is 0 Å². The van der Waals surface area contributed by atoms with Crippen LogP contribution < -0.4 is 5.32 Å². The van der Waals surface area contributed by atoms with Crippen molar-refractivity contribution < 1.29 is 19.4 Å². The Balaban J connectivity index is 2.50. The fraction of sp³-hybridized carbons (Fsp3) is 0.867. The van der Waals surface area contributed by atoms with Gasteiger partial charge in [0.25, 0.3) is 0 Å². The second-order valence-corrected chi connectivity index (χ2v) is 7.10. The van der Waals surface area contributed by atoms with E-state index in [4.69, 9.17) is 4.74 Å². The van der Waals surface area contributed by atoms with E-state index >= 15 is 0 Å². The van der Waals surface area contributed by atoms with E-state index < -0.39 is 17.6 Å². The molecule has 122 valence electrons. The fourth-order valence-corrected chi connectivity index (χ4v) is 2.38. The number of nitrogens with zero attached hydrogens (tertiary/aromatic N) is 1. The van der Waals surface area contributed by atoms with Crippen molar-refractivity contribution in [3.05, 3.63) is 0 Å². The molecule has 1 saturated heterocycles. The number of amides is 1. The lowest BCUT2D eigenvalue weighted by Crippen LogP contribution is -2.46. The van der Waals surface area contributed by atoms with Gasteiger partial charge in [-0.3, -0.25) is 10.1 Å². The van der Waals surface area contributed by atoms with Gasteiger partial charge in [0.05, 0.1) is 0 Å². The highest BCUT2D eigenvalue weighted by molar-refractivity contribution is 5.73. The van der Waals surface area contributed by atoms with Gasteiger partial charge in [0, 0.05) is 19.1 Å². The Labute approximate surface area is 126 Å². The molecule has 6 heteroatoms. The summed E-state index contributed by atoms with van der Waals surface area (Å²) in [5, 5.41) is 12.4.